The van der Waals surface area contributed by atoms with Gasteiger partial charge in [0.2, 0.25) is 5.91 Å². The summed E-state index contributed by atoms with van der Waals surface area (Å²) in [4.78, 5) is 11.3. The zero-order chi connectivity index (χ0) is 15.0. The summed E-state index contributed by atoms with van der Waals surface area (Å²) >= 11 is 0. The van der Waals surface area contributed by atoms with E-state index in [9.17, 15) is 35.2 Å². The molecule has 0 aliphatic rings. The van der Waals surface area contributed by atoms with Gasteiger partial charge in [-0.3, -0.25) is 4.79 Å². The van der Waals surface area contributed by atoms with Gasteiger partial charge in [0.15, 0.2) is 0 Å². The molecule has 18 heavy (non-hydrogen) atoms. The number of hydrogen-bond acceptors (Lipinski definition) is 3. The zero-order valence-corrected chi connectivity index (χ0v) is 10.5. The van der Waals surface area contributed by atoms with Crippen molar-refractivity contribution in [1.82, 2.24) is 4.72 Å². The fraction of sp³-hybridized carbons (Fsp3) is 0.875. The summed E-state index contributed by atoms with van der Waals surface area (Å²) in [5.41, 5.74) is -1.38. The Bertz CT molecular complexity index is 427. The minimum Gasteiger partial charge on any atom is -0.273 e. The van der Waals surface area contributed by atoms with E-state index in [1.807, 2.05) is 0 Å². The number of rotatable bonds is 4. The summed E-state index contributed by atoms with van der Waals surface area (Å²) < 4.78 is 83.4. The summed E-state index contributed by atoms with van der Waals surface area (Å²) in [5.74, 6) is -1.42. The first-order valence-corrected chi connectivity index (χ1v) is 6.18. The Kier molecular flexibility index (Phi) is 4.39. The van der Waals surface area contributed by atoms with Gasteiger partial charge in [-0.05, 0) is 6.42 Å². The normalized spacial score (nSPS) is 14.4. The van der Waals surface area contributed by atoms with Crippen LogP contribution in [0.15, 0.2) is 0 Å². The third-order valence-electron chi connectivity index (χ3n) is 2.39. The van der Waals surface area contributed by atoms with Crippen LogP contribution in [0.25, 0.3) is 0 Å². The molecular formula is C8H12F5NO3S. The molecule has 0 aromatic heterocycles. The van der Waals surface area contributed by atoms with Gasteiger partial charge in [-0.2, -0.15) is 30.4 Å². The van der Waals surface area contributed by atoms with E-state index in [1.54, 1.807) is 0 Å². The molecule has 0 aliphatic carbocycles. The summed E-state index contributed by atoms with van der Waals surface area (Å²) in [5, 5.41) is -6.03. The van der Waals surface area contributed by atoms with Crippen molar-refractivity contribution in [2.75, 3.05) is 0 Å². The van der Waals surface area contributed by atoms with Crippen molar-refractivity contribution in [3.63, 3.8) is 0 Å². The molecule has 0 rings (SSSR count). The van der Waals surface area contributed by atoms with E-state index in [-0.39, 0.29) is 6.42 Å². The smallest absolute Gasteiger partial charge is 0.273 e. The minimum atomic E-state index is -6.30. The Labute approximate surface area is 101 Å². The lowest BCUT2D eigenvalue weighted by Crippen LogP contribution is -2.53. The van der Waals surface area contributed by atoms with Crippen LogP contribution in [0.2, 0.25) is 0 Å². The molecule has 4 nitrogen and oxygen atoms in total. The van der Waals surface area contributed by atoms with Crippen molar-refractivity contribution >= 4 is 15.9 Å². The van der Waals surface area contributed by atoms with Gasteiger partial charge in [0, 0.05) is 5.41 Å². The first kappa shape index (κ1) is 17.1. The second kappa shape index (κ2) is 4.63. The second-order valence-electron chi connectivity index (χ2n) is 4.19. The lowest BCUT2D eigenvalue weighted by Gasteiger charge is -2.24. The topological polar surface area (TPSA) is 63.2 Å². The van der Waals surface area contributed by atoms with Crippen LogP contribution in [-0.2, 0) is 14.8 Å². The van der Waals surface area contributed by atoms with Crippen LogP contribution in [0.5, 0.6) is 0 Å². The molecule has 0 heterocycles. The monoisotopic (exact) mass is 297 g/mol. The Morgan fingerprint density at radius 1 is 1.11 bits per heavy atom. The molecule has 0 fully saturated rings. The maximum absolute atomic E-state index is 12.6. The van der Waals surface area contributed by atoms with Gasteiger partial charge < -0.3 is 0 Å². The molecule has 0 spiro atoms. The van der Waals surface area contributed by atoms with Crippen molar-refractivity contribution < 1.29 is 35.2 Å². The molecular weight excluding hydrogens is 285 g/mol. The largest absolute Gasteiger partial charge is 0.471 e. The number of alkyl halides is 5. The number of carbonyl (C=O) groups is 1. The van der Waals surface area contributed by atoms with E-state index in [2.05, 4.69) is 0 Å². The average molecular weight is 297 g/mol. The highest BCUT2D eigenvalue weighted by atomic mass is 32.2. The van der Waals surface area contributed by atoms with Gasteiger partial charge in [0.05, 0.1) is 0 Å². The molecule has 0 aromatic rings. The highest BCUT2D eigenvalue weighted by molar-refractivity contribution is 7.91. The van der Waals surface area contributed by atoms with Crippen LogP contribution in [-0.4, -0.2) is 25.8 Å². The van der Waals surface area contributed by atoms with Gasteiger partial charge in [0.1, 0.15) is 0 Å². The molecule has 0 saturated carbocycles. The molecule has 0 unspecified atom stereocenters. The van der Waals surface area contributed by atoms with Crippen LogP contribution in [0, 0.1) is 5.41 Å². The quantitative estimate of drug-likeness (QED) is 0.808. The molecule has 0 aliphatic heterocycles. The fourth-order valence-corrected chi connectivity index (χ4v) is 1.59. The Hall–Kier alpha value is -0.930. The number of halogens is 5. The molecule has 0 saturated heterocycles. The van der Waals surface area contributed by atoms with Crippen molar-refractivity contribution in [2.45, 2.75) is 38.6 Å². The van der Waals surface area contributed by atoms with Gasteiger partial charge in [0.25, 0.3) is 0 Å². The molecule has 1 amide bonds. The van der Waals surface area contributed by atoms with E-state index in [1.165, 1.54) is 20.8 Å². The average Bonchev–Trinajstić information content (AvgIpc) is 2.14. The summed E-state index contributed by atoms with van der Waals surface area (Å²) in [7, 11) is -6.17. The highest BCUT2D eigenvalue weighted by Crippen LogP contribution is 2.39. The standard InChI is InChI=1S/C8H12F5NO3S/c1-4-6(2,3)5(15)14-18(16,17)8(12,13)7(9,10)11/h4H2,1-3H3,(H,14,15). The van der Waals surface area contributed by atoms with E-state index in [4.69, 9.17) is 0 Å². The first-order valence-electron chi connectivity index (χ1n) is 4.70. The van der Waals surface area contributed by atoms with Gasteiger partial charge in [-0.1, -0.05) is 20.8 Å². The van der Waals surface area contributed by atoms with Gasteiger partial charge >= 0.3 is 21.5 Å². The van der Waals surface area contributed by atoms with Crippen LogP contribution in [0.4, 0.5) is 22.0 Å². The van der Waals surface area contributed by atoms with Crippen molar-refractivity contribution in [3.8, 4) is 0 Å². The SMILES string of the molecule is CCC(C)(C)C(=O)NS(=O)(=O)C(F)(F)C(F)(F)F. The molecule has 0 radical (unpaired) electrons. The zero-order valence-electron chi connectivity index (χ0n) is 9.73. The van der Waals surface area contributed by atoms with Crippen LogP contribution >= 0.6 is 0 Å². The summed E-state index contributed by atoms with van der Waals surface area (Å²) in [6.45, 7) is 3.88. The van der Waals surface area contributed by atoms with Crippen LogP contribution < -0.4 is 4.72 Å². The minimum absolute atomic E-state index is 0.0615. The Morgan fingerprint density at radius 2 is 1.50 bits per heavy atom. The number of amides is 1. The Balaban J connectivity index is 5.30. The van der Waals surface area contributed by atoms with E-state index >= 15 is 0 Å². The van der Waals surface area contributed by atoms with E-state index in [0.717, 1.165) is 4.72 Å². The van der Waals surface area contributed by atoms with Crippen LogP contribution in [0.3, 0.4) is 0 Å². The van der Waals surface area contributed by atoms with Crippen molar-refractivity contribution in [2.24, 2.45) is 5.41 Å². The summed E-state index contributed by atoms with van der Waals surface area (Å²) in [6.07, 6.45) is -6.23. The molecule has 0 aromatic carbocycles. The maximum Gasteiger partial charge on any atom is 0.471 e. The number of carbonyl (C=O) groups excluding carboxylic acids is 1. The highest BCUT2D eigenvalue weighted by Gasteiger charge is 2.68. The number of nitrogens with one attached hydrogen (secondary N) is 1. The van der Waals surface area contributed by atoms with Crippen molar-refractivity contribution in [1.29, 1.82) is 0 Å². The molecule has 10 heteroatoms. The predicted octanol–water partition coefficient (Wildman–Crippen LogP) is 2.02. The summed E-state index contributed by atoms with van der Waals surface area (Å²) in [6, 6.07) is 0. The molecule has 108 valence electrons. The molecule has 0 bridgehead atoms. The lowest BCUT2D eigenvalue weighted by atomic mass is 9.90. The third-order valence-corrected chi connectivity index (χ3v) is 3.75. The van der Waals surface area contributed by atoms with Gasteiger partial charge in [-0.15, -0.1) is 0 Å². The third kappa shape index (κ3) is 3.09. The lowest BCUT2D eigenvalue weighted by molar-refractivity contribution is -0.241. The number of hydrogen-bond donors (Lipinski definition) is 1. The van der Waals surface area contributed by atoms with Crippen molar-refractivity contribution in [3.05, 3.63) is 0 Å². The number of sulfonamides is 1. The fourth-order valence-electron chi connectivity index (χ4n) is 0.637. The molecule has 0 atom stereocenters. The first-order chi connectivity index (χ1) is 7.69. The van der Waals surface area contributed by atoms with Crippen LogP contribution in [0.1, 0.15) is 27.2 Å². The van der Waals surface area contributed by atoms with E-state index < -0.39 is 32.8 Å². The second-order valence-corrected chi connectivity index (χ2v) is 5.91. The van der Waals surface area contributed by atoms with Gasteiger partial charge in [-0.25, -0.2) is 4.72 Å². The molecule has 1 N–H and O–H groups in total. The Morgan fingerprint density at radius 3 is 1.78 bits per heavy atom. The predicted molar refractivity (Wildman–Crippen MR) is 52.1 cm³/mol. The maximum atomic E-state index is 12.6. The van der Waals surface area contributed by atoms with E-state index in [0.29, 0.717) is 0 Å².